The smallest absolute Gasteiger partial charge is 0.309 e. The van der Waals surface area contributed by atoms with Crippen molar-refractivity contribution in [3.05, 3.63) is 59.9 Å². The molecule has 2 aromatic heterocycles. The molecule has 0 bridgehead atoms. The second kappa shape index (κ2) is 8.74. The van der Waals surface area contributed by atoms with Crippen LogP contribution in [-0.2, 0) is 20.7 Å². The summed E-state index contributed by atoms with van der Waals surface area (Å²) in [6.07, 6.45) is 1.06. The van der Waals surface area contributed by atoms with E-state index in [9.17, 15) is 18.8 Å². The third-order valence-electron chi connectivity index (χ3n) is 6.17. The molecular weight excluding hydrogens is 439 g/mol. The molecule has 2 heterocycles. The number of halogens is 1. The average molecular weight is 462 g/mol. The first-order chi connectivity index (χ1) is 16.4. The van der Waals surface area contributed by atoms with E-state index < -0.39 is 29.9 Å². The van der Waals surface area contributed by atoms with Crippen LogP contribution in [0.3, 0.4) is 0 Å². The van der Waals surface area contributed by atoms with Gasteiger partial charge in [0.2, 0.25) is 5.91 Å². The number of fused-ring (bicyclic) bond motifs is 1. The minimum Gasteiger partial charge on any atom is -0.469 e. The number of para-hydroxylation sites is 1. The molecule has 0 spiro atoms. The predicted molar refractivity (Wildman–Crippen MR) is 124 cm³/mol. The van der Waals surface area contributed by atoms with E-state index in [0.717, 1.165) is 5.69 Å². The number of H-pyrrole nitrogens is 1. The van der Waals surface area contributed by atoms with Gasteiger partial charge in [0.1, 0.15) is 12.0 Å². The summed E-state index contributed by atoms with van der Waals surface area (Å²) < 4.78 is 18.1. The molecule has 0 saturated heterocycles. The van der Waals surface area contributed by atoms with Crippen LogP contribution in [0, 0.1) is 11.8 Å². The summed E-state index contributed by atoms with van der Waals surface area (Å²) in [5.41, 5.74) is 3.82. The summed E-state index contributed by atoms with van der Waals surface area (Å²) in [6, 6.07) is 12.8. The van der Waals surface area contributed by atoms with Crippen LogP contribution in [-0.4, -0.2) is 40.9 Å². The van der Waals surface area contributed by atoms with Crippen LogP contribution in [0.2, 0.25) is 0 Å². The lowest BCUT2D eigenvalue weighted by Crippen LogP contribution is -2.27. The van der Waals surface area contributed by atoms with Gasteiger partial charge in [-0.3, -0.25) is 14.4 Å². The number of esters is 1. The van der Waals surface area contributed by atoms with Gasteiger partial charge in [0.25, 0.3) is 0 Å². The highest BCUT2D eigenvalue weighted by Crippen LogP contribution is 2.41. The average Bonchev–Trinajstić information content (AvgIpc) is 3.47. The molecule has 1 fully saturated rings. The second-order valence-corrected chi connectivity index (χ2v) is 8.55. The van der Waals surface area contributed by atoms with E-state index in [1.54, 1.807) is 12.1 Å². The number of nitrogens with one attached hydrogen (secondary N) is 3. The number of aromatic amines is 1. The molecule has 1 unspecified atom stereocenters. The Morgan fingerprint density at radius 1 is 1.18 bits per heavy atom. The van der Waals surface area contributed by atoms with Crippen molar-refractivity contribution in [2.75, 3.05) is 17.7 Å². The number of hydrogen-bond acceptors (Lipinski definition) is 6. The molecule has 174 valence electrons. The Morgan fingerprint density at radius 2 is 1.94 bits per heavy atom. The third kappa shape index (κ3) is 4.16. The van der Waals surface area contributed by atoms with Crippen LogP contribution in [0.4, 0.5) is 21.6 Å². The quantitative estimate of drug-likeness (QED) is 0.477. The fourth-order valence-electron chi connectivity index (χ4n) is 4.31. The van der Waals surface area contributed by atoms with E-state index in [1.165, 1.54) is 13.3 Å². The number of alkyl halides is 1. The molecule has 1 aromatic carbocycles. The lowest BCUT2D eigenvalue weighted by Gasteiger charge is -2.20. The van der Waals surface area contributed by atoms with Gasteiger partial charge in [-0.2, -0.15) is 0 Å². The lowest BCUT2D eigenvalue weighted by atomic mass is 9.86. The van der Waals surface area contributed by atoms with Crippen LogP contribution < -0.4 is 10.6 Å². The van der Waals surface area contributed by atoms with Crippen molar-refractivity contribution in [3.63, 3.8) is 0 Å². The summed E-state index contributed by atoms with van der Waals surface area (Å²) >= 11 is 0. The Bertz CT molecular complexity index is 1270. The van der Waals surface area contributed by atoms with Gasteiger partial charge in [-0.1, -0.05) is 18.2 Å². The van der Waals surface area contributed by atoms with Crippen LogP contribution >= 0.6 is 0 Å². The third-order valence-corrected chi connectivity index (χ3v) is 6.17. The number of rotatable bonds is 6. The Balaban J connectivity index is 1.54. The molecule has 9 heteroatoms. The predicted octanol–water partition coefficient (Wildman–Crippen LogP) is 4.03. The maximum Gasteiger partial charge on any atom is 0.309 e. The number of hydrogen-bond donors (Lipinski definition) is 3. The van der Waals surface area contributed by atoms with E-state index >= 15 is 0 Å². The Labute approximate surface area is 194 Å². The molecule has 3 N–H and O–H groups in total. The molecule has 5 rings (SSSR count). The van der Waals surface area contributed by atoms with Gasteiger partial charge in [-0.15, -0.1) is 0 Å². The normalized spacial score (nSPS) is 20.9. The molecular formula is C25H23FN4O4. The van der Waals surface area contributed by atoms with Crippen molar-refractivity contribution in [2.45, 2.75) is 25.4 Å². The highest BCUT2D eigenvalue weighted by molar-refractivity contribution is 6.09. The highest BCUT2D eigenvalue weighted by atomic mass is 19.1. The molecule has 3 aromatic rings. The molecule has 8 nitrogen and oxygen atoms in total. The maximum absolute atomic E-state index is 13.3. The van der Waals surface area contributed by atoms with Gasteiger partial charge in [-0.25, -0.2) is 9.37 Å². The maximum atomic E-state index is 13.3. The number of aromatic nitrogens is 2. The molecule has 34 heavy (non-hydrogen) atoms. The standard InChI is InChI=1S/C25H23FN4O4/c1-34-25(33)14-9-18-21(19(31)10-14)23(28-15-5-3-2-4-6-15)22(29-18)13-7-8-27-20(11-13)30-24(32)16-12-17(16)26/h2-8,11,14,16-17,28-29H,9-10,12H2,1H3,(H,27,30,32)/t14?,16-,17+/m0/s1. The number of ether oxygens (including phenoxy) is 1. The van der Waals surface area contributed by atoms with E-state index in [4.69, 9.17) is 4.74 Å². The molecule has 2 aliphatic rings. The molecule has 3 atom stereocenters. The summed E-state index contributed by atoms with van der Waals surface area (Å²) in [5, 5.41) is 6.00. The van der Waals surface area contributed by atoms with Crippen LogP contribution in [0.1, 0.15) is 28.9 Å². The first-order valence-corrected chi connectivity index (χ1v) is 11.0. The summed E-state index contributed by atoms with van der Waals surface area (Å²) in [6.45, 7) is 0. The largest absolute Gasteiger partial charge is 0.469 e. The number of nitrogens with zero attached hydrogens (tertiary/aromatic N) is 1. The Hall–Kier alpha value is -4.01. The lowest BCUT2D eigenvalue weighted by molar-refractivity contribution is -0.145. The summed E-state index contributed by atoms with van der Waals surface area (Å²) in [4.78, 5) is 44.9. The van der Waals surface area contributed by atoms with Crippen molar-refractivity contribution < 1.29 is 23.5 Å². The Kier molecular flexibility index (Phi) is 5.61. The molecule has 1 saturated carbocycles. The number of benzene rings is 1. The number of Topliss-reactive ketones (excluding diaryl/α,β-unsaturated/α-hetero) is 1. The fraction of sp³-hybridized carbons (Fsp3) is 0.280. The van der Waals surface area contributed by atoms with Crippen molar-refractivity contribution >= 4 is 34.9 Å². The van der Waals surface area contributed by atoms with Gasteiger partial charge in [0, 0.05) is 36.0 Å². The van der Waals surface area contributed by atoms with Crippen molar-refractivity contribution in [1.29, 1.82) is 0 Å². The van der Waals surface area contributed by atoms with E-state index in [0.29, 0.717) is 40.4 Å². The first kappa shape index (κ1) is 21.8. The zero-order valence-electron chi connectivity index (χ0n) is 18.4. The van der Waals surface area contributed by atoms with Crippen molar-refractivity contribution in [2.24, 2.45) is 11.8 Å². The number of amides is 1. The number of carbonyl (C=O) groups is 3. The number of methoxy groups -OCH3 is 1. The number of anilines is 3. The molecule has 0 radical (unpaired) electrons. The van der Waals surface area contributed by atoms with Crippen LogP contribution in [0.5, 0.6) is 0 Å². The minimum absolute atomic E-state index is 0.0594. The number of pyridine rings is 1. The molecule has 2 aliphatic carbocycles. The number of carbonyl (C=O) groups excluding carboxylic acids is 3. The monoisotopic (exact) mass is 462 g/mol. The van der Waals surface area contributed by atoms with Crippen LogP contribution in [0.25, 0.3) is 11.3 Å². The van der Waals surface area contributed by atoms with E-state index in [1.807, 2.05) is 30.3 Å². The topological polar surface area (TPSA) is 113 Å². The van der Waals surface area contributed by atoms with Gasteiger partial charge >= 0.3 is 5.97 Å². The SMILES string of the molecule is COC(=O)C1CC(=O)c2c([nH]c(-c3ccnc(NC(=O)[C@H]4C[C@H]4F)c3)c2Nc2ccccc2)C1. The van der Waals surface area contributed by atoms with Crippen LogP contribution in [0.15, 0.2) is 48.7 Å². The highest BCUT2D eigenvalue weighted by Gasteiger charge is 2.43. The number of ketones is 1. The van der Waals surface area contributed by atoms with E-state index in [2.05, 4.69) is 20.6 Å². The molecule has 0 aliphatic heterocycles. The Morgan fingerprint density at radius 3 is 2.65 bits per heavy atom. The second-order valence-electron chi connectivity index (χ2n) is 8.55. The van der Waals surface area contributed by atoms with Gasteiger partial charge in [0.05, 0.1) is 35.9 Å². The fourth-order valence-corrected chi connectivity index (χ4v) is 4.31. The van der Waals surface area contributed by atoms with E-state index in [-0.39, 0.29) is 18.6 Å². The van der Waals surface area contributed by atoms with Gasteiger partial charge in [-0.05, 0) is 30.7 Å². The minimum atomic E-state index is -1.10. The molecule has 1 amide bonds. The van der Waals surface area contributed by atoms with Gasteiger partial charge in [0.15, 0.2) is 5.78 Å². The van der Waals surface area contributed by atoms with Crippen molar-refractivity contribution in [1.82, 2.24) is 9.97 Å². The summed E-state index contributed by atoms with van der Waals surface area (Å²) in [5.74, 6) is -1.89. The zero-order chi connectivity index (χ0) is 23.8. The zero-order valence-corrected chi connectivity index (χ0v) is 18.4. The van der Waals surface area contributed by atoms with Crippen molar-refractivity contribution in [3.8, 4) is 11.3 Å². The summed E-state index contributed by atoms with van der Waals surface area (Å²) in [7, 11) is 1.31. The van der Waals surface area contributed by atoms with Gasteiger partial charge < -0.3 is 20.4 Å². The first-order valence-electron chi connectivity index (χ1n) is 11.0.